The summed E-state index contributed by atoms with van der Waals surface area (Å²) in [5.74, 6) is -0.907. The van der Waals surface area contributed by atoms with Gasteiger partial charge in [0.15, 0.2) is 0 Å². The Kier molecular flexibility index (Phi) is 5.76. The van der Waals surface area contributed by atoms with Gasteiger partial charge in [0.1, 0.15) is 12.7 Å². The Balaban J connectivity index is 1.73. The van der Waals surface area contributed by atoms with Crippen molar-refractivity contribution < 1.29 is 9.90 Å². The minimum atomic E-state index is -0.907. The van der Waals surface area contributed by atoms with E-state index in [9.17, 15) is 4.79 Å². The molecule has 3 aromatic rings. The van der Waals surface area contributed by atoms with E-state index in [1.807, 2.05) is 16.8 Å². The normalized spacial score (nSPS) is 16.8. The molecule has 1 heterocycles. The topological polar surface area (TPSA) is 68.0 Å². The summed E-state index contributed by atoms with van der Waals surface area (Å²) < 4.78 is 1.87. The zero-order valence-electron chi connectivity index (χ0n) is 19.3. The van der Waals surface area contributed by atoms with Crippen molar-refractivity contribution in [3.63, 3.8) is 0 Å². The molecule has 5 heteroatoms. The minimum Gasteiger partial charge on any atom is -0.478 e. The molecule has 0 spiro atoms. The van der Waals surface area contributed by atoms with Crippen molar-refractivity contribution in [1.82, 2.24) is 14.8 Å². The molecule has 1 aliphatic carbocycles. The van der Waals surface area contributed by atoms with Crippen molar-refractivity contribution in [3.8, 4) is 0 Å². The number of aryl methyl sites for hydroxylation is 2. The monoisotopic (exact) mass is 429 g/mol. The Morgan fingerprint density at radius 1 is 1.03 bits per heavy atom. The zero-order valence-corrected chi connectivity index (χ0v) is 19.3. The fourth-order valence-electron chi connectivity index (χ4n) is 4.55. The van der Waals surface area contributed by atoms with Crippen molar-refractivity contribution in [2.75, 3.05) is 0 Å². The Morgan fingerprint density at radius 2 is 1.69 bits per heavy atom. The van der Waals surface area contributed by atoms with Gasteiger partial charge >= 0.3 is 5.97 Å². The number of hydrogen-bond donors (Lipinski definition) is 1. The number of hydrogen-bond acceptors (Lipinski definition) is 3. The van der Waals surface area contributed by atoms with E-state index in [1.165, 1.54) is 35.1 Å². The van der Waals surface area contributed by atoms with Gasteiger partial charge < -0.3 is 5.11 Å². The zero-order chi connectivity index (χ0) is 22.9. The van der Waals surface area contributed by atoms with Crippen molar-refractivity contribution >= 4 is 18.1 Å². The highest BCUT2D eigenvalue weighted by Crippen LogP contribution is 2.46. The van der Waals surface area contributed by atoms with Crippen LogP contribution in [0.5, 0.6) is 0 Å². The highest BCUT2D eigenvalue weighted by atomic mass is 16.4. The second-order valence-electron chi connectivity index (χ2n) is 10.0. The van der Waals surface area contributed by atoms with Gasteiger partial charge in [0.2, 0.25) is 0 Å². The Hall–Kier alpha value is -3.21. The van der Waals surface area contributed by atoms with Gasteiger partial charge in [-0.3, -0.25) is 4.68 Å². The van der Waals surface area contributed by atoms with Crippen LogP contribution in [0.4, 0.5) is 0 Å². The maximum atomic E-state index is 11.1. The number of fused-ring (bicyclic) bond motifs is 1. The molecule has 1 N–H and O–H groups in total. The third-order valence-corrected chi connectivity index (χ3v) is 6.80. The number of aromatic carboxylic acids is 1. The molecule has 0 aliphatic heterocycles. The highest BCUT2D eigenvalue weighted by molar-refractivity contribution is 5.88. The van der Waals surface area contributed by atoms with Gasteiger partial charge in [-0.2, -0.15) is 5.10 Å². The molecule has 1 aliphatic rings. The maximum Gasteiger partial charge on any atom is 0.335 e. The van der Waals surface area contributed by atoms with Crippen LogP contribution in [0, 0.1) is 0 Å². The second-order valence-corrected chi connectivity index (χ2v) is 10.0. The van der Waals surface area contributed by atoms with Crippen molar-refractivity contribution in [1.29, 1.82) is 0 Å². The molecule has 0 amide bonds. The molecule has 0 saturated heterocycles. The fraction of sp³-hybridized carbons (Fsp3) is 0.370. The lowest BCUT2D eigenvalue weighted by Gasteiger charge is -2.42. The number of aromatic nitrogens is 3. The van der Waals surface area contributed by atoms with Crippen molar-refractivity contribution in [2.24, 2.45) is 0 Å². The predicted octanol–water partition coefficient (Wildman–Crippen LogP) is 5.74. The van der Waals surface area contributed by atoms with Gasteiger partial charge in [-0.1, -0.05) is 64.1 Å². The van der Waals surface area contributed by atoms with Crippen LogP contribution in [0.2, 0.25) is 0 Å². The molecule has 32 heavy (non-hydrogen) atoms. The molecule has 0 bridgehead atoms. The number of carboxylic acids is 1. The highest BCUT2D eigenvalue weighted by Gasteiger charge is 2.37. The first-order valence-corrected chi connectivity index (χ1v) is 11.2. The predicted molar refractivity (Wildman–Crippen MR) is 128 cm³/mol. The molecule has 0 fully saturated rings. The van der Waals surface area contributed by atoms with Gasteiger partial charge in [0.05, 0.1) is 5.56 Å². The number of nitrogens with zero attached hydrogens (tertiary/aromatic N) is 3. The Bertz CT molecular complexity index is 1140. The third kappa shape index (κ3) is 4.52. The van der Waals surface area contributed by atoms with Crippen molar-refractivity contribution in [2.45, 2.75) is 64.3 Å². The summed E-state index contributed by atoms with van der Waals surface area (Å²) in [6.07, 6.45) is 10.8. The summed E-state index contributed by atoms with van der Waals surface area (Å²) in [7, 11) is 0. The third-order valence-electron chi connectivity index (χ3n) is 6.80. The van der Waals surface area contributed by atoms with Gasteiger partial charge in [0, 0.05) is 6.54 Å². The van der Waals surface area contributed by atoms with E-state index in [2.05, 4.69) is 62.1 Å². The minimum absolute atomic E-state index is 0.140. The van der Waals surface area contributed by atoms with E-state index >= 15 is 0 Å². The summed E-state index contributed by atoms with van der Waals surface area (Å²) in [6.45, 7) is 10.2. The summed E-state index contributed by atoms with van der Waals surface area (Å²) in [4.78, 5) is 15.2. The second kappa shape index (κ2) is 8.38. The Labute approximate surface area is 189 Å². The van der Waals surface area contributed by atoms with Gasteiger partial charge in [-0.05, 0) is 70.0 Å². The number of rotatable bonds is 6. The molecule has 2 aromatic carbocycles. The molecule has 166 valence electrons. The van der Waals surface area contributed by atoms with Crippen LogP contribution in [0.25, 0.3) is 12.2 Å². The van der Waals surface area contributed by atoms with E-state index < -0.39 is 5.97 Å². The van der Waals surface area contributed by atoms with Crippen LogP contribution >= 0.6 is 0 Å². The van der Waals surface area contributed by atoms with Crippen LogP contribution in [-0.2, 0) is 23.8 Å². The van der Waals surface area contributed by atoms with Gasteiger partial charge in [-0.15, -0.1) is 0 Å². The van der Waals surface area contributed by atoms with Crippen molar-refractivity contribution in [3.05, 3.63) is 82.4 Å². The van der Waals surface area contributed by atoms with E-state index in [0.717, 1.165) is 18.5 Å². The lowest BCUT2D eigenvalue weighted by Crippen LogP contribution is -2.34. The first kappa shape index (κ1) is 22.0. The lowest BCUT2D eigenvalue weighted by molar-refractivity contribution is 0.0697. The number of carbonyl (C=O) groups is 1. The summed E-state index contributed by atoms with van der Waals surface area (Å²) in [5, 5.41) is 13.4. The fourth-order valence-corrected chi connectivity index (χ4v) is 4.55. The molecular formula is C27H31N3O2. The Morgan fingerprint density at radius 3 is 2.28 bits per heavy atom. The van der Waals surface area contributed by atoms with E-state index in [1.54, 1.807) is 24.8 Å². The van der Waals surface area contributed by atoms with Gasteiger partial charge in [-0.25, -0.2) is 9.78 Å². The molecule has 4 rings (SSSR count). The standard InChI is InChI=1S/C27H31N3O2/c1-26(2)12-13-27(3,4)24-16-22(11-14-30-18-28-17-29-30)21(15-23(24)26)10-7-19-5-8-20(9-6-19)25(31)32/h5-10,15-18H,11-14H2,1-4H3,(H,31,32). The first-order valence-electron chi connectivity index (χ1n) is 11.2. The van der Waals surface area contributed by atoms with Gasteiger partial charge in [0.25, 0.3) is 0 Å². The average molecular weight is 430 g/mol. The average Bonchev–Trinajstić information content (AvgIpc) is 3.28. The summed E-state index contributed by atoms with van der Waals surface area (Å²) in [6, 6.07) is 11.8. The van der Waals surface area contributed by atoms with Crippen LogP contribution in [0.3, 0.4) is 0 Å². The molecular weight excluding hydrogens is 398 g/mol. The number of benzene rings is 2. The molecule has 1 aromatic heterocycles. The van der Waals surface area contributed by atoms with E-state index in [4.69, 9.17) is 5.11 Å². The first-order chi connectivity index (χ1) is 15.2. The van der Waals surface area contributed by atoms with Crippen LogP contribution in [0.15, 0.2) is 49.1 Å². The van der Waals surface area contributed by atoms with Crippen LogP contribution in [0.1, 0.15) is 78.7 Å². The van der Waals surface area contributed by atoms with E-state index in [-0.39, 0.29) is 10.8 Å². The van der Waals surface area contributed by atoms with E-state index in [0.29, 0.717) is 5.56 Å². The molecule has 0 atom stereocenters. The molecule has 0 radical (unpaired) electrons. The summed E-state index contributed by atoms with van der Waals surface area (Å²) in [5.41, 5.74) is 6.95. The SMILES string of the molecule is CC1(C)CCC(C)(C)c2cc(CCn3cncn3)c(C=Cc3ccc(C(=O)O)cc3)cc21. The molecule has 0 saturated carbocycles. The van der Waals surface area contributed by atoms with Crippen LogP contribution < -0.4 is 0 Å². The maximum absolute atomic E-state index is 11.1. The largest absolute Gasteiger partial charge is 0.478 e. The summed E-state index contributed by atoms with van der Waals surface area (Å²) >= 11 is 0. The lowest BCUT2D eigenvalue weighted by atomic mass is 9.62. The quantitative estimate of drug-likeness (QED) is 0.508. The molecule has 5 nitrogen and oxygen atoms in total. The smallest absolute Gasteiger partial charge is 0.335 e. The van der Waals surface area contributed by atoms with Crippen LogP contribution in [-0.4, -0.2) is 25.8 Å². The molecule has 0 unspecified atom stereocenters. The number of carboxylic acid groups (broad SMARTS) is 1.